The third kappa shape index (κ3) is 5.81. The monoisotopic (exact) mass is 433 g/mol. The van der Waals surface area contributed by atoms with Crippen LogP contribution in [0.25, 0.3) is 0 Å². The highest BCUT2D eigenvalue weighted by atomic mass is 35.5. The van der Waals surface area contributed by atoms with E-state index in [-0.39, 0.29) is 11.4 Å². The van der Waals surface area contributed by atoms with Crippen molar-refractivity contribution in [2.24, 2.45) is 5.10 Å². The van der Waals surface area contributed by atoms with E-state index in [0.29, 0.717) is 10.7 Å². The van der Waals surface area contributed by atoms with E-state index in [0.717, 1.165) is 35.7 Å². The fourth-order valence-electron chi connectivity index (χ4n) is 3.20. The number of nitrogens with zero attached hydrogens (tertiary/aromatic N) is 2. The molecule has 0 radical (unpaired) electrons. The van der Waals surface area contributed by atoms with Crippen LogP contribution in [-0.4, -0.2) is 26.6 Å². The first kappa shape index (κ1) is 21.3. The Morgan fingerprint density at radius 2 is 1.59 bits per heavy atom. The second-order valence-electron chi connectivity index (χ2n) is 6.93. The van der Waals surface area contributed by atoms with Gasteiger partial charge in [0.2, 0.25) is 0 Å². The van der Waals surface area contributed by atoms with Crippen LogP contribution in [0.4, 0.5) is 5.69 Å². The quantitative estimate of drug-likeness (QED) is 0.543. The number of nitrogens with one attached hydrogen (secondary N) is 1. The maximum absolute atomic E-state index is 13.2. The van der Waals surface area contributed by atoms with Crippen molar-refractivity contribution in [3.05, 3.63) is 59.6 Å². The van der Waals surface area contributed by atoms with E-state index in [4.69, 9.17) is 11.6 Å². The van der Waals surface area contributed by atoms with Crippen LogP contribution in [0.2, 0.25) is 5.02 Å². The third-order valence-corrected chi connectivity index (χ3v) is 6.79. The fraction of sp³-hybridized carbons (Fsp3) is 0.333. The fourth-order valence-corrected chi connectivity index (χ4v) is 4.77. The molecule has 1 N–H and O–H groups in total. The number of carbonyl (C=O) groups excluding carboxylic acids is 1. The smallest absolute Gasteiger partial charge is 0.264 e. The van der Waals surface area contributed by atoms with E-state index < -0.39 is 15.9 Å². The molecule has 0 unspecified atom stereocenters. The number of hydrazone groups is 1. The molecule has 0 saturated heterocycles. The molecule has 1 aliphatic rings. The van der Waals surface area contributed by atoms with Gasteiger partial charge < -0.3 is 0 Å². The summed E-state index contributed by atoms with van der Waals surface area (Å²) in [5.41, 5.74) is 3.85. The predicted octanol–water partition coefficient (Wildman–Crippen LogP) is 4.36. The molecule has 0 aliphatic heterocycles. The van der Waals surface area contributed by atoms with Gasteiger partial charge in [0, 0.05) is 10.7 Å². The molecule has 154 valence electrons. The van der Waals surface area contributed by atoms with E-state index >= 15 is 0 Å². The SMILES string of the molecule is O=C(CN(c1ccc(Cl)cc1)S(=O)(=O)c1ccccc1)NN=C1CCCCCC1. The van der Waals surface area contributed by atoms with Gasteiger partial charge in [0.05, 0.1) is 10.6 Å². The largest absolute Gasteiger partial charge is 0.271 e. The second kappa shape index (κ2) is 9.89. The first-order chi connectivity index (χ1) is 14.0. The summed E-state index contributed by atoms with van der Waals surface area (Å²) in [5.74, 6) is -0.490. The van der Waals surface area contributed by atoms with Gasteiger partial charge in [0.1, 0.15) is 6.54 Å². The van der Waals surface area contributed by atoms with Crippen LogP contribution in [0.15, 0.2) is 64.6 Å². The average molecular weight is 434 g/mol. The van der Waals surface area contributed by atoms with Gasteiger partial charge in [-0.1, -0.05) is 42.6 Å². The van der Waals surface area contributed by atoms with Gasteiger partial charge in [-0.2, -0.15) is 5.10 Å². The summed E-state index contributed by atoms with van der Waals surface area (Å²) in [6, 6.07) is 14.4. The van der Waals surface area contributed by atoms with Gasteiger partial charge in [-0.3, -0.25) is 9.10 Å². The number of hydrogen-bond donors (Lipinski definition) is 1. The zero-order valence-electron chi connectivity index (χ0n) is 16.1. The Hall–Kier alpha value is -2.38. The number of hydrogen-bond acceptors (Lipinski definition) is 4. The first-order valence-corrected chi connectivity index (χ1v) is 11.5. The van der Waals surface area contributed by atoms with Crippen molar-refractivity contribution in [1.29, 1.82) is 0 Å². The molecule has 29 heavy (non-hydrogen) atoms. The summed E-state index contributed by atoms with van der Waals surface area (Å²) in [7, 11) is -3.93. The van der Waals surface area contributed by atoms with Crippen LogP contribution >= 0.6 is 11.6 Å². The first-order valence-electron chi connectivity index (χ1n) is 9.64. The lowest BCUT2D eigenvalue weighted by Gasteiger charge is -2.23. The van der Waals surface area contributed by atoms with Crippen LogP contribution in [0.3, 0.4) is 0 Å². The lowest BCUT2D eigenvalue weighted by Crippen LogP contribution is -2.39. The molecule has 1 fully saturated rings. The molecule has 8 heteroatoms. The third-order valence-electron chi connectivity index (χ3n) is 4.75. The van der Waals surface area contributed by atoms with Crippen molar-refractivity contribution >= 4 is 38.9 Å². The van der Waals surface area contributed by atoms with Crippen LogP contribution in [0.5, 0.6) is 0 Å². The molecule has 1 saturated carbocycles. The zero-order valence-corrected chi connectivity index (χ0v) is 17.6. The molecule has 2 aromatic carbocycles. The highest BCUT2D eigenvalue weighted by Gasteiger charge is 2.27. The highest BCUT2D eigenvalue weighted by molar-refractivity contribution is 7.92. The van der Waals surface area contributed by atoms with E-state index in [1.54, 1.807) is 42.5 Å². The molecule has 1 amide bonds. The minimum Gasteiger partial charge on any atom is -0.271 e. The standard InChI is InChI=1S/C21H24ClN3O3S/c22-17-12-14-19(15-13-17)25(29(27,28)20-10-6-3-7-11-20)16-21(26)24-23-18-8-4-1-2-5-9-18/h3,6-7,10-15H,1-2,4-5,8-9,16H2,(H,24,26). The molecule has 3 rings (SSSR count). The summed E-state index contributed by atoms with van der Waals surface area (Å²) in [4.78, 5) is 12.7. The molecular weight excluding hydrogens is 410 g/mol. The minimum absolute atomic E-state index is 0.109. The van der Waals surface area contributed by atoms with Gasteiger partial charge in [0.25, 0.3) is 15.9 Å². The summed E-state index contributed by atoms with van der Waals surface area (Å²) < 4.78 is 27.4. The van der Waals surface area contributed by atoms with Crippen LogP contribution < -0.4 is 9.73 Å². The Morgan fingerprint density at radius 1 is 0.966 bits per heavy atom. The Bertz CT molecular complexity index is 950. The molecule has 6 nitrogen and oxygen atoms in total. The molecular formula is C21H24ClN3O3S. The normalized spacial score (nSPS) is 14.7. The molecule has 0 aromatic heterocycles. The number of carbonyl (C=O) groups is 1. The highest BCUT2D eigenvalue weighted by Crippen LogP contribution is 2.25. The summed E-state index contributed by atoms with van der Waals surface area (Å²) in [5, 5.41) is 4.71. The topological polar surface area (TPSA) is 78.8 Å². The number of rotatable bonds is 6. The molecule has 0 bridgehead atoms. The van der Waals surface area contributed by atoms with Crippen LogP contribution in [-0.2, 0) is 14.8 Å². The van der Waals surface area contributed by atoms with Gasteiger partial charge in [-0.25, -0.2) is 13.8 Å². The van der Waals surface area contributed by atoms with Crippen molar-refractivity contribution in [3.8, 4) is 0 Å². The van der Waals surface area contributed by atoms with Gasteiger partial charge in [-0.05, 0) is 62.1 Å². The van der Waals surface area contributed by atoms with Gasteiger partial charge in [0.15, 0.2) is 0 Å². The number of halogens is 1. The Labute approximate surface area is 176 Å². The van der Waals surface area contributed by atoms with E-state index in [2.05, 4.69) is 10.5 Å². The lowest BCUT2D eigenvalue weighted by atomic mass is 10.2. The van der Waals surface area contributed by atoms with E-state index in [1.165, 1.54) is 25.0 Å². The molecule has 0 atom stereocenters. The number of amides is 1. The second-order valence-corrected chi connectivity index (χ2v) is 9.23. The van der Waals surface area contributed by atoms with E-state index in [1.807, 2.05) is 0 Å². The van der Waals surface area contributed by atoms with Gasteiger partial charge >= 0.3 is 0 Å². The van der Waals surface area contributed by atoms with Crippen molar-refractivity contribution in [1.82, 2.24) is 5.43 Å². The van der Waals surface area contributed by atoms with Crippen LogP contribution in [0.1, 0.15) is 38.5 Å². The zero-order chi connectivity index (χ0) is 20.7. The van der Waals surface area contributed by atoms with Crippen molar-refractivity contribution in [3.63, 3.8) is 0 Å². The van der Waals surface area contributed by atoms with Gasteiger partial charge in [-0.15, -0.1) is 0 Å². The van der Waals surface area contributed by atoms with Crippen molar-refractivity contribution in [2.75, 3.05) is 10.8 Å². The predicted molar refractivity (Wildman–Crippen MR) is 116 cm³/mol. The number of sulfonamides is 1. The molecule has 0 spiro atoms. The lowest BCUT2D eigenvalue weighted by molar-refractivity contribution is -0.119. The van der Waals surface area contributed by atoms with Crippen LogP contribution in [0, 0.1) is 0 Å². The summed E-state index contributed by atoms with van der Waals surface area (Å²) in [6.07, 6.45) is 6.20. The minimum atomic E-state index is -3.93. The number of anilines is 1. The average Bonchev–Trinajstić information content (AvgIpc) is 3.01. The molecule has 1 aliphatic carbocycles. The Balaban J connectivity index is 1.82. The number of benzene rings is 2. The Kier molecular flexibility index (Phi) is 7.28. The van der Waals surface area contributed by atoms with E-state index in [9.17, 15) is 13.2 Å². The van der Waals surface area contributed by atoms with Crippen molar-refractivity contribution in [2.45, 2.75) is 43.4 Å². The maximum Gasteiger partial charge on any atom is 0.264 e. The molecule has 0 heterocycles. The maximum atomic E-state index is 13.2. The summed E-state index contributed by atoms with van der Waals surface area (Å²) in [6.45, 7) is -0.379. The van der Waals surface area contributed by atoms with Crippen molar-refractivity contribution < 1.29 is 13.2 Å². The molecule has 2 aromatic rings. The summed E-state index contributed by atoms with van der Waals surface area (Å²) >= 11 is 5.94. The Morgan fingerprint density at radius 3 is 2.21 bits per heavy atom.